The zero-order valence-corrected chi connectivity index (χ0v) is 42.2. The summed E-state index contributed by atoms with van der Waals surface area (Å²) in [6.45, 7) is 16.6. The molecule has 16 nitrogen and oxygen atoms in total. The highest BCUT2D eigenvalue weighted by Crippen LogP contribution is 2.40. The van der Waals surface area contributed by atoms with E-state index in [1.54, 1.807) is 61.1 Å². The molecule has 6 aromatic rings. The molecule has 6 atom stereocenters. The molecule has 8 rings (SSSR count). The van der Waals surface area contributed by atoms with Gasteiger partial charge in [-0.05, 0) is 86.9 Å². The number of hydrogen-bond acceptors (Lipinski definition) is 12. The Morgan fingerprint density at radius 3 is 2.07 bits per heavy atom. The molecule has 0 bridgehead atoms. The number of rotatable bonds is 13. The minimum Gasteiger partial charge on any atom is -0.481 e. The van der Waals surface area contributed by atoms with Crippen molar-refractivity contribution in [2.45, 2.75) is 111 Å². The number of carboxylic acids is 1. The van der Waals surface area contributed by atoms with Crippen molar-refractivity contribution in [2.75, 3.05) is 6.54 Å². The quantitative estimate of drug-likeness (QED) is 0.0783. The lowest BCUT2D eigenvalue weighted by Crippen LogP contribution is -2.60. The number of aliphatic carboxylic acids is 1. The van der Waals surface area contributed by atoms with Crippen LogP contribution in [0.4, 0.5) is 0 Å². The van der Waals surface area contributed by atoms with Gasteiger partial charge in [-0.1, -0.05) is 81.4 Å². The lowest BCUT2D eigenvalue weighted by molar-refractivity contribution is -0.144. The lowest BCUT2D eigenvalue weighted by atomic mass is 9.85. The van der Waals surface area contributed by atoms with Crippen molar-refractivity contribution in [3.8, 4) is 26.6 Å². The van der Waals surface area contributed by atoms with Crippen LogP contribution in [-0.4, -0.2) is 101 Å². The third kappa shape index (κ3) is 10.1. The van der Waals surface area contributed by atoms with Gasteiger partial charge >= 0.3 is 5.97 Å². The second kappa shape index (κ2) is 19.8. The van der Waals surface area contributed by atoms with Gasteiger partial charge in [0.2, 0.25) is 17.7 Å². The number of aliphatic hydroxyl groups is 1. The van der Waals surface area contributed by atoms with E-state index >= 15 is 0 Å². The van der Waals surface area contributed by atoms with E-state index in [0.29, 0.717) is 22.9 Å². The van der Waals surface area contributed by atoms with Gasteiger partial charge in [-0.2, -0.15) is 0 Å². The fourth-order valence-corrected chi connectivity index (χ4v) is 11.0. The molecule has 0 saturated carbocycles. The summed E-state index contributed by atoms with van der Waals surface area (Å²) in [7, 11) is 0. The molecule has 1 fully saturated rings. The average molecular weight is 984 g/mol. The molecule has 2 aliphatic rings. The van der Waals surface area contributed by atoms with Crippen LogP contribution < -0.4 is 16.0 Å². The standard InChI is InChI=1S/C52H57N9O7S2/c1-26-30(5)70-51-42(26)43(56-39(23-41(63)64)46-59-58-31(6)61(46)51)35-16-12-33(13-17-35)34-14-20-37(21-15-34)48(66)55-29(4)47(65)57-45(52(7,8)9)50(68)60-24-38(62)22-40(60)49(67)54-27(2)32-10-18-36(19-11-32)44-28(3)53-25-69-44/h10-21,25,27,29,38-40,45,62H,22-24H2,1-9H3,(H,54,67)(H,55,66)(H,57,65)(H,63,64)/t27-,29+,38+,39-,40-,45+/m0/s1. The molecular weight excluding hydrogens is 927 g/mol. The highest BCUT2D eigenvalue weighted by Gasteiger charge is 2.45. The monoisotopic (exact) mass is 983 g/mol. The van der Waals surface area contributed by atoms with Crippen LogP contribution in [0, 0.1) is 33.1 Å². The summed E-state index contributed by atoms with van der Waals surface area (Å²) >= 11 is 3.15. The first kappa shape index (κ1) is 49.5. The van der Waals surface area contributed by atoms with Crippen molar-refractivity contribution in [3.63, 3.8) is 0 Å². The number of likely N-dealkylation sites (tertiary alicyclic amines) is 1. The summed E-state index contributed by atoms with van der Waals surface area (Å²) in [4.78, 5) is 80.2. The molecule has 4 amide bonds. The topological polar surface area (TPSA) is 221 Å². The zero-order valence-electron chi connectivity index (χ0n) is 40.5. The molecule has 3 aromatic heterocycles. The summed E-state index contributed by atoms with van der Waals surface area (Å²) in [5.74, 6) is -1.86. The van der Waals surface area contributed by atoms with Gasteiger partial charge in [0, 0.05) is 34.5 Å². The number of aromatic nitrogens is 4. The lowest BCUT2D eigenvalue weighted by Gasteiger charge is -2.36. The number of carboxylic acid groups (broad SMARTS) is 1. The molecule has 1 saturated heterocycles. The normalized spacial score (nSPS) is 17.9. The second-order valence-electron chi connectivity index (χ2n) is 19.2. The first-order valence-electron chi connectivity index (χ1n) is 23.1. The van der Waals surface area contributed by atoms with Crippen molar-refractivity contribution in [2.24, 2.45) is 10.4 Å². The Morgan fingerprint density at radius 2 is 1.46 bits per heavy atom. The molecule has 0 aliphatic carbocycles. The van der Waals surface area contributed by atoms with Crippen LogP contribution in [-0.2, 0) is 19.2 Å². The van der Waals surface area contributed by atoms with E-state index in [9.17, 15) is 34.2 Å². The van der Waals surface area contributed by atoms with Gasteiger partial charge in [-0.15, -0.1) is 32.9 Å². The molecule has 70 heavy (non-hydrogen) atoms. The molecular formula is C52H57N9O7S2. The molecule has 5 N–H and O–H groups in total. The fraction of sp³-hybridized carbons (Fsp3) is 0.365. The summed E-state index contributed by atoms with van der Waals surface area (Å²) in [6.07, 6.45) is -1.13. The third-order valence-electron chi connectivity index (χ3n) is 13.0. The number of benzene rings is 3. The molecule has 3 aromatic carbocycles. The van der Waals surface area contributed by atoms with Gasteiger partial charge in [0.15, 0.2) is 5.82 Å². The van der Waals surface area contributed by atoms with Crippen LogP contribution in [0.5, 0.6) is 0 Å². The SMILES string of the molecule is Cc1ncsc1-c1ccc([C@H](C)NC(=O)[C@@H]2C[C@@H](O)CN2C(=O)[C@@H](NC(=O)[C@@H](C)NC(=O)c2ccc(-c3ccc(C4=N[C@@H](CC(=O)O)c5nnc(C)n5-c5sc(C)c(C)c54)cc3)cc2)C(C)(C)C)cc1. The molecule has 364 valence electrons. The number of thiazole rings is 1. The van der Waals surface area contributed by atoms with E-state index in [2.05, 4.69) is 31.1 Å². The number of β-amino-alcohol motifs (C(OH)–C–C–N with tert-alkyl or cyclic N) is 1. The largest absolute Gasteiger partial charge is 0.481 e. The van der Waals surface area contributed by atoms with E-state index in [1.165, 1.54) is 11.8 Å². The smallest absolute Gasteiger partial charge is 0.306 e. The number of fused-ring (bicyclic) bond motifs is 3. The second-order valence-corrected chi connectivity index (χ2v) is 21.2. The van der Waals surface area contributed by atoms with Crippen LogP contribution in [0.1, 0.15) is 114 Å². The summed E-state index contributed by atoms with van der Waals surface area (Å²) < 4.78 is 1.92. The Kier molecular flexibility index (Phi) is 14.0. The number of aryl methyl sites for hydroxylation is 3. The number of aliphatic hydroxyl groups excluding tert-OH is 1. The van der Waals surface area contributed by atoms with Crippen LogP contribution >= 0.6 is 22.7 Å². The molecule has 5 heterocycles. The number of thiophene rings is 1. The number of nitrogens with one attached hydrogen (secondary N) is 3. The number of aliphatic imine (C=N–C) groups is 1. The molecule has 18 heteroatoms. The fourth-order valence-electron chi connectivity index (χ4n) is 8.95. The van der Waals surface area contributed by atoms with E-state index in [4.69, 9.17) is 4.99 Å². The van der Waals surface area contributed by atoms with Gasteiger partial charge in [-0.3, -0.25) is 33.5 Å². The zero-order chi connectivity index (χ0) is 50.3. The summed E-state index contributed by atoms with van der Waals surface area (Å²) in [6, 6.07) is 18.4. The van der Waals surface area contributed by atoms with Crippen molar-refractivity contribution >= 4 is 58.0 Å². The van der Waals surface area contributed by atoms with E-state index in [-0.39, 0.29) is 25.4 Å². The Hall–Kier alpha value is -6.89. The third-order valence-corrected chi connectivity index (χ3v) is 15.2. The number of nitrogens with zero attached hydrogens (tertiary/aromatic N) is 6. The minimum absolute atomic E-state index is 0.0449. The Labute approximate surface area is 414 Å². The van der Waals surface area contributed by atoms with Crippen LogP contribution in [0.3, 0.4) is 0 Å². The van der Waals surface area contributed by atoms with Crippen LogP contribution in [0.15, 0.2) is 83.3 Å². The molecule has 0 radical (unpaired) electrons. The first-order chi connectivity index (χ1) is 33.2. The van der Waals surface area contributed by atoms with Crippen LogP contribution in [0.2, 0.25) is 0 Å². The van der Waals surface area contributed by atoms with Crippen molar-refractivity contribution in [1.29, 1.82) is 0 Å². The van der Waals surface area contributed by atoms with Gasteiger partial charge in [-0.25, -0.2) is 4.98 Å². The van der Waals surface area contributed by atoms with Gasteiger partial charge < -0.3 is 31.1 Å². The average Bonchev–Trinajstić information content (AvgIpc) is 4.09. The summed E-state index contributed by atoms with van der Waals surface area (Å²) in [5, 5.41) is 38.7. The van der Waals surface area contributed by atoms with Crippen molar-refractivity contribution in [3.05, 3.63) is 128 Å². The predicted octanol–water partition coefficient (Wildman–Crippen LogP) is 7.21. The maximum absolute atomic E-state index is 14.3. The maximum atomic E-state index is 14.3. The first-order valence-corrected chi connectivity index (χ1v) is 24.8. The maximum Gasteiger partial charge on any atom is 0.306 e. The Morgan fingerprint density at radius 1 is 0.829 bits per heavy atom. The summed E-state index contributed by atoms with van der Waals surface area (Å²) in [5.41, 5.74) is 9.32. The van der Waals surface area contributed by atoms with Gasteiger partial charge in [0.25, 0.3) is 5.91 Å². The minimum atomic E-state index is -1.09. The number of amides is 4. The predicted molar refractivity (Wildman–Crippen MR) is 269 cm³/mol. The number of carbonyl (C=O) groups excluding carboxylic acids is 4. The highest BCUT2D eigenvalue weighted by atomic mass is 32.1. The van der Waals surface area contributed by atoms with E-state index in [1.807, 2.05) is 99.8 Å². The van der Waals surface area contributed by atoms with E-state index in [0.717, 1.165) is 59.4 Å². The Balaban J connectivity index is 0.908. The van der Waals surface area contributed by atoms with E-state index < -0.39 is 65.3 Å². The highest BCUT2D eigenvalue weighted by molar-refractivity contribution is 7.15. The molecule has 0 spiro atoms. The number of hydrogen-bond donors (Lipinski definition) is 5. The number of carbonyl (C=O) groups is 5. The van der Waals surface area contributed by atoms with Gasteiger partial charge in [0.1, 0.15) is 35.0 Å². The Bertz CT molecular complexity index is 3000. The molecule has 0 unspecified atom stereocenters. The van der Waals surface area contributed by atoms with Crippen LogP contribution in [0.25, 0.3) is 26.6 Å². The van der Waals surface area contributed by atoms with Crippen molar-refractivity contribution in [1.82, 2.24) is 40.6 Å². The molecule has 2 aliphatic heterocycles. The van der Waals surface area contributed by atoms with Gasteiger partial charge in [0.05, 0.1) is 40.4 Å². The van der Waals surface area contributed by atoms with Crippen molar-refractivity contribution < 1.29 is 34.2 Å².